The first-order valence-electron chi connectivity index (χ1n) is 22.1. The van der Waals surface area contributed by atoms with Crippen LogP contribution in [0.25, 0.3) is 83.5 Å². The number of allylic oxidation sites excluding steroid dienone is 1. The second-order valence-corrected chi connectivity index (χ2v) is 17.2. The highest BCUT2D eigenvalue weighted by Crippen LogP contribution is 2.58. The lowest BCUT2D eigenvalue weighted by Gasteiger charge is -2.40. The molecular weight excluding hydrogens is 761 g/mol. The Morgan fingerprint density at radius 2 is 0.952 bits per heavy atom. The third-order valence-corrected chi connectivity index (χ3v) is 14.0. The summed E-state index contributed by atoms with van der Waals surface area (Å²) in [4.78, 5) is 0. The molecule has 0 saturated carbocycles. The zero-order chi connectivity index (χ0) is 41.5. The zero-order valence-corrected chi connectivity index (χ0v) is 34.7. The van der Waals surface area contributed by atoms with Crippen molar-refractivity contribution < 1.29 is 0 Å². The van der Waals surface area contributed by atoms with Gasteiger partial charge in [0.25, 0.3) is 0 Å². The molecule has 2 nitrogen and oxygen atoms in total. The zero-order valence-electron chi connectivity index (χ0n) is 34.7. The van der Waals surface area contributed by atoms with Crippen LogP contribution in [0.1, 0.15) is 27.9 Å². The molecule has 0 bridgehead atoms. The molecule has 0 saturated heterocycles. The van der Waals surface area contributed by atoms with Crippen LogP contribution in [-0.4, -0.2) is 9.13 Å². The molecule has 0 fully saturated rings. The third-order valence-electron chi connectivity index (χ3n) is 14.0. The third kappa shape index (κ3) is 5.31. The Bertz CT molecular complexity index is 3540. The molecule has 63 heavy (non-hydrogen) atoms. The van der Waals surface area contributed by atoms with Gasteiger partial charge in [0.15, 0.2) is 0 Å². The van der Waals surface area contributed by atoms with Crippen LogP contribution in [0, 0.1) is 5.92 Å². The van der Waals surface area contributed by atoms with E-state index in [1.165, 1.54) is 99.7 Å². The number of nitrogens with zero attached hydrogens (tertiary/aromatic N) is 2. The molecule has 1 atom stereocenters. The first-order valence-corrected chi connectivity index (χ1v) is 22.1. The van der Waals surface area contributed by atoms with E-state index in [2.05, 4.69) is 246 Å². The SMILES string of the molecule is C1=CC(C2(c3ccccc3)c3ccccc3-c3ccccc32)Cc2c1n(-c1ccccc1)c1ccc(-c3ccc4c5ccccc5n(-c5cccc(-c6ccccc6)c5)c4c3)cc21. The average molecular weight is 803 g/mol. The van der Waals surface area contributed by atoms with E-state index in [1.54, 1.807) is 0 Å². The van der Waals surface area contributed by atoms with E-state index < -0.39 is 0 Å². The van der Waals surface area contributed by atoms with E-state index in [1.807, 2.05) is 0 Å². The second-order valence-electron chi connectivity index (χ2n) is 17.2. The molecule has 11 aromatic rings. The fourth-order valence-corrected chi connectivity index (χ4v) is 11.4. The molecule has 0 amide bonds. The summed E-state index contributed by atoms with van der Waals surface area (Å²) in [5.74, 6) is 0.175. The van der Waals surface area contributed by atoms with E-state index in [-0.39, 0.29) is 11.3 Å². The quantitative estimate of drug-likeness (QED) is 0.158. The van der Waals surface area contributed by atoms with Gasteiger partial charge in [-0.3, -0.25) is 0 Å². The van der Waals surface area contributed by atoms with Gasteiger partial charge in [0.05, 0.1) is 22.0 Å². The largest absolute Gasteiger partial charge is 0.310 e. The highest BCUT2D eigenvalue weighted by Gasteiger charge is 2.50. The Morgan fingerprint density at radius 3 is 1.73 bits per heavy atom. The Hall–Kier alpha value is -7.94. The highest BCUT2D eigenvalue weighted by atomic mass is 15.0. The maximum Gasteiger partial charge on any atom is 0.0547 e. The number of rotatable bonds is 6. The maximum absolute atomic E-state index is 2.52. The van der Waals surface area contributed by atoms with Gasteiger partial charge < -0.3 is 9.13 Å². The van der Waals surface area contributed by atoms with Gasteiger partial charge in [-0.05, 0) is 123 Å². The summed E-state index contributed by atoms with van der Waals surface area (Å²) in [7, 11) is 0. The van der Waals surface area contributed by atoms with E-state index in [0.717, 1.165) is 12.1 Å². The molecule has 0 aliphatic heterocycles. The smallest absolute Gasteiger partial charge is 0.0547 e. The van der Waals surface area contributed by atoms with Crippen LogP contribution in [0.3, 0.4) is 0 Å². The predicted molar refractivity (Wildman–Crippen MR) is 263 cm³/mol. The monoisotopic (exact) mass is 802 g/mol. The highest BCUT2D eigenvalue weighted by molar-refractivity contribution is 6.10. The predicted octanol–water partition coefficient (Wildman–Crippen LogP) is 15.3. The second kappa shape index (κ2) is 14.1. The van der Waals surface area contributed by atoms with Gasteiger partial charge in [-0.25, -0.2) is 0 Å². The van der Waals surface area contributed by atoms with Gasteiger partial charge >= 0.3 is 0 Å². The Kier molecular flexibility index (Phi) is 7.98. The Morgan fingerprint density at radius 1 is 0.381 bits per heavy atom. The van der Waals surface area contributed by atoms with Crippen molar-refractivity contribution in [3.8, 4) is 44.8 Å². The van der Waals surface area contributed by atoms with Crippen LogP contribution < -0.4 is 0 Å². The van der Waals surface area contributed by atoms with Crippen molar-refractivity contribution in [3.05, 3.63) is 258 Å². The normalized spacial score (nSPS) is 14.8. The van der Waals surface area contributed by atoms with Crippen molar-refractivity contribution in [2.75, 3.05) is 0 Å². The molecule has 296 valence electrons. The van der Waals surface area contributed by atoms with E-state index in [9.17, 15) is 0 Å². The number of aromatic nitrogens is 2. The van der Waals surface area contributed by atoms with Gasteiger partial charge in [0.2, 0.25) is 0 Å². The molecule has 0 N–H and O–H groups in total. The first-order chi connectivity index (χ1) is 31.3. The molecule has 2 aromatic heterocycles. The van der Waals surface area contributed by atoms with E-state index in [0.29, 0.717) is 0 Å². The van der Waals surface area contributed by atoms with Crippen LogP contribution in [0.5, 0.6) is 0 Å². The Balaban J connectivity index is 1.01. The standard InChI is InChI=1S/C61H42N2/c1-4-17-41(18-5-1)42-19-16-24-48(37-42)63-57-30-15-12-27-51(57)52-34-31-44(39-60(52)63)43-32-35-58-53(38-43)54-40-46(33-36-59(54)62(58)47-22-8-3-9-23-47)61(45-20-6-2-7-21-45)55-28-13-10-25-49(55)50-26-11-14-29-56(50)61/h1-39,46H,40H2. The molecular formula is C61H42N2. The average Bonchev–Trinajstić information content (AvgIpc) is 3.98. The first kappa shape index (κ1) is 35.8. The molecule has 2 heteroatoms. The maximum atomic E-state index is 2.52. The summed E-state index contributed by atoms with van der Waals surface area (Å²) in [5, 5.41) is 3.82. The van der Waals surface area contributed by atoms with Crippen molar-refractivity contribution in [1.29, 1.82) is 0 Å². The molecule has 0 radical (unpaired) electrons. The molecule has 1 unspecified atom stereocenters. The molecule has 9 aromatic carbocycles. The number of hydrogen-bond acceptors (Lipinski definition) is 0. The lowest BCUT2D eigenvalue weighted by molar-refractivity contribution is 0.452. The lowest BCUT2D eigenvalue weighted by Crippen LogP contribution is -2.37. The number of benzene rings is 9. The van der Waals surface area contributed by atoms with Gasteiger partial charge in [0.1, 0.15) is 0 Å². The summed E-state index contributed by atoms with van der Waals surface area (Å²) in [5.41, 5.74) is 19.9. The van der Waals surface area contributed by atoms with Crippen LogP contribution in [0.4, 0.5) is 0 Å². The minimum atomic E-state index is -0.350. The minimum Gasteiger partial charge on any atom is -0.310 e. The van der Waals surface area contributed by atoms with Crippen LogP contribution in [0.15, 0.2) is 231 Å². The fourth-order valence-electron chi connectivity index (χ4n) is 11.4. The van der Waals surface area contributed by atoms with Crippen molar-refractivity contribution in [1.82, 2.24) is 9.13 Å². The Labute approximate surface area is 367 Å². The molecule has 2 aliphatic rings. The van der Waals surface area contributed by atoms with Crippen molar-refractivity contribution >= 4 is 38.8 Å². The van der Waals surface area contributed by atoms with E-state index in [4.69, 9.17) is 0 Å². The van der Waals surface area contributed by atoms with Crippen LogP contribution in [0.2, 0.25) is 0 Å². The van der Waals surface area contributed by atoms with Crippen molar-refractivity contribution in [3.63, 3.8) is 0 Å². The summed E-state index contributed by atoms with van der Waals surface area (Å²) < 4.78 is 4.93. The lowest BCUT2D eigenvalue weighted by atomic mass is 9.61. The number of para-hydroxylation sites is 2. The summed E-state index contributed by atoms with van der Waals surface area (Å²) >= 11 is 0. The fraction of sp³-hybridized carbons (Fsp3) is 0.0492. The van der Waals surface area contributed by atoms with Crippen LogP contribution >= 0.6 is 0 Å². The van der Waals surface area contributed by atoms with Gasteiger partial charge in [-0.2, -0.15) is 0 Å². The van der Waals surface area contributed by atoms with Crippen LogP contribution in [-0.2, 0) is 11.8 Å². The molecule has 2 aliphatic carbocycles. The summed E-state index contributed by atoms with van der Waals surface area (Å²) in [6, 6.07) is 83.1. The molecule has 0 spiro atoms. The van der Waals surface area contributed by atoms with Crippen molar-refractivity contribution in [2.45, 2.75) is 11.8 Å². The van der Waals surface area contributed by atoms with Gasteiger partial charge in [-0.15, -0.1) is 0 Å². The number of fused-ring (bicyclic) bond motifs is 9. The summed E-state index contributed by atoms with van der Waals surface area (Å²) in [6.45, 7) is 0. The topological polar surface area (TPSA) is 9.86 Å². The van der Waals surface area contributed by atoms with E-state index >= 15 is 0 Å². The minimum absolute atomic E-state index is 0.175. The van der Waals surface area contributed by atoms with Gasteiger partial charge in [-0.1, -0.05) is 182 Å². The molecule has 13 rings (SSSR count). The number of hydrogen-bond donors (Lipinski definition) is 0. The van der Waals surface area contributed by atoms with Crippen molar-refractivity contribution in [2.24, 2.45) is 5.92 Å². The molecule has 2 heterocycles. The van der Waals surface area contributed by atoms with Gasteiger partial charge in [0, 0.05) is 33.2 Å². The summed E-state index contributed by atoms with van der Waals surface area (Å²) in [6.07, 6.45) is 5.85.